The number of methoxy groups -OCH3 is 1. The first-order valence-electron chi connectivity index (χ1n) is 7.86. The zero-order chi connectivity index (χ0) is 16.4. The summed E-state index contributed by atoms with van der Waals surface area (Å²) in [6, 6.07) is 6.09. The Labute approximate surface area is 134 Å². The van der Waals surface area contributed by atoms with Gasteiger partial charge in [0.25, 0.3) is 5.56 Å². The monoisotopic (exact) mass is 314 g/mol. The van der Waals surface area contributed by atoms with Gasteiger partial charge in [-0.3, -0.25) is 9.89 Å². The number of H-pyrrole nitrogens is 1. The van der Waals surface area contributed by atoms with Gasteiger partial charge in [0.1, 0.15) is 5.52 Å². The fourth-order valence-corrected chi connectivity index (χ4v) is 2.98. The molecular formula is C17H22N4O2. The van der Waals surface area contributed by atoms with Crippen molar-refractivity contribution in [2.24, 2.45) is 5.73 Å². The van der Waals surface area contributed by atoms with E-state index in [0.29, 0.717) is 31.5 Å². The van der Waals surface area contributed by atoms with Crippen LogP contribution in [0, 0.1) is 6.92 Å². The lowest BCUT2D eigenvalue weighted by molar-refractivity contribution is 0.201. The second-order valence-corrected chi connectivity index (χ2v) is 5.79. The van der Waals surface area contributed by atoms with Gasteiger partial charge in [0, 0.05) is 25.5 Å². The zero-order valence-corrected chi connectivity index (χ0v) is 13.6. The molecule has 122 valence electrons. The maximum atomic E-state index is 13.0. The Balaban J connectivity index is 2.32. The summed E-state index contributed by atoms with van der Waals surface area (Å²) < 4.78 is 6.95. The SMILES string of the molecule is COCCc1[nH]nc2c1c(=O)n(CCCN)c1ccc(C)cc21. The van der Waals surface area contributed by atoms with E-state index in [1.807, 2.05) is 23.6 Å². The molecule has 0 spiro atoms. The highest BCUT2D eigenvalue weighted by atomic mass is 16.5. The Hall–Kier alpha value is -2.18. The molecule has 0 unspecified atom stereocenters. The van der Waals surface area contributed by atoms with Crippen LogP contribution in [0.3, 0.4) is 0 Å². The maximum Gasteiger partial charge on any atom is 0.262 e. The van der Waals surface area contributed by atoms with Gasteiger partial charge in [-0.2, -0.15) is 5.10 Å². The molecule has 2 aromatic heterocycles. The van der Waals surface area contributed by atoms with Gasteiger partial charge in [-0.05, 0) is 32.0 Å². The lowest BCUT2D eigenvalue weighted by Crippen LogP contribution is -2.23. The number of hydrogen-bond donors (Lipinski definition) is 2. The molecule has 6 nitrogen and oxygen atoms in total. The van der Waals surface area contributed by atoms with Crippen molar-refractivity contribution >= 4 is 21.8 Å². The Morgan fingerprint density at radius 3 is 2.96 bits per heavy atom. The van der Waals surface area contributed by atoms with Crippen molar-refractivity contribution in [3.63, 3.8) is 0 Å². The molecule has 3 rings (SSSR count). The van der Waals surface area contributed by atoms with E-state index in [9.17, 15) is 4.79 Å². The van der Waals surface area contributed by atoms with Gasteiger partial charge in [-0.15, -0.1) is 0 Å². The second-order valence-electron chi connectivity index (χ2n) is 5.79. The van der Waals surface area contributed by atoms with Crippen LogP contribution in [0.5, 0.6) is 0 Å². The summed E-state index contributed by atoms with van der Waals surface area (Å²) >= 11 is 0. The molecule has 0 aliphatic carbocycles. The molecule has 2 heterocycles. The van der Waals surface area contributed by atoms with Gasteiger partial charge >= 0.3 is 0 Å². The number of nitrogens with zero attached hydrogens (tertiary/aromatic N) is 2. The molecule has 0 aliphatic heterocycles. The summed E-state index contributed by atoms with van der Waals surface area (Å²) in [4.78, 5) is 13.0. The predicted octanol–water partition coefficient (Wildman–Crippen LogP) is 1.72. The van der Waals surface area contributed by atoms with Gasteiger partial charge in [-0.1, -0.05) is 11.6 Å². The molecular weight excluding hydrogens is 292 g/mol. The van der Waals surface area contributed by atoms with E-state index >= 15 is 0 Å². The number of benzene rings is 1. The van der Waals surface area contributed by atoms with E-state index < -0.39 is 0 Å². The number of rotatable bonds is 6. The molecule has 3 N–H and O–H groups in total. The van der Waals surface area contributed by atoms with Crippen LogP contribution in [0.15, 0.2) is 23.0 Å². The molecule has 3 aromatic rings. The van der Waals surface area contributed by atoms with Gasteiger partial charge in [0.2, 0.25) is 0 Å². The van der Waals surface area contributed by atoms with Crippen LogP contribution in [-0.4, -0.2) is 35.0 Å². The van der Waals surface area contributed by atoms with E-state index in [1.54, 1.807) is 7.11 Å². The number of aryl methyl sites for hydroxylation is 2. The van der Waals surface area contributed by atoms with Crippen molar-refractivity contribution < 1.29 is 4.74 Å². The van der Waals surface area contributed by atoms with Crippen molar-refractivity contribution in [2.75, 3.05) is 20.3 Å². The highest BCUT2D eigenvalue weighted by Gasteiger charge is 2.16. The number of nitrogens with two attached hydrogens (primary N) is 1. The largest absolute Gasteiger partial charge is 0.384 e. The standard InChI is InChI=1S/C17H22N4O2/c1-11-4-5-14-12(10-11)16-15(13(19-20-16)6-9-23-2)17(22)21(14)8-3-7-18/h4-5,10H,3,6-9,18H2,1-2H3,(H,19,20). The molecule has 0 fully saturated rings. The fourth-order valence-electron chi connectivity index (χ4n) is 2.98. The van der Waals surface area contributed by atoms with Gasteiger partial charge < -0.3 is 15.0 Å². The molecule has 6 heteroatoms. The number of aromatic amines is 1. The van der Waals surface area contributed by atoms with Crippen LogP contribution in [0.4, 0.5) is 0 Å². The van der Waals surface area contributed by atoms with E-state index in [1.165, 1.54) is 0 Å². The highest BCUT2D eigenvalue weighted by Crippen LogP contribution is 2.24. The van der Waals surface area contributed by atoms with Crippen LogP contribution in [0.1, 0.15) is 17.7 Å². The summed E-state index contributed by atoms with van der Waals surface area (Å²) in [5, 5.41) is 9.08. The Morgan fingerprint density at radius 1 is 1.39 bits per heavy atom. The topological polar surface area (TPSA) is 85.9 Å². The average Bonchev–Trinajstić information content (AvgIpc) is 2.97. The maximum absolute atomic E-state index is 13.0. The Bertz CT molecular complexity index is 895. The van der Waals surface area contributed by atoms with Crippen LogP contribution in [-0.2, 0) is 17.7 Å². The minimum absolute atomic E-state index is 0.00958. The third-order valence-electron chi connectivity index (χ3n) is 4.14. The molecule has 0 saturated carbocycles. The summed E-state index contributed by atoms with van der Waals surface area (Å²) in [5.41, 5.74) is 9.24. The minimum Gasteiger partial charge on any atom is -0.384 e. The Kier molecular flexibility index (Phi) is 4.45. The van der Waals surface area contributed by atoms with Crippen LogP contribution in [0.25, 0.3) is 21.8 Å². The van der Waals surface area contributed by atoms with E-state index in [4.69, 9.17) is 10.5 Å². The quantitative estimate of drug-likeness (QED) is 0.725. The summed E-state index contributed by atoms with van der Waals surface area (Å²) in [6.45, 7) is 3.75. The molecule has 0 amide bonds. The normalized spacial score (nSPS) is 11.6. The van der Waals surface area contributed by atoms with Crippen molar-refractivity contribution in [3.05, 3.63) is 39.8 Å². The number of nitrogens with one attached hydrogen (secondary N) is 1. The van der Waals surface area contributed by atoms with Crippen LogP contribution < -0.4 is 11.3 Å². The molecule has 1 aromatic carbocycles. The van der Waals surface area contributed by atoms with Crippen molar-refractivity contribution in [3.8, 4) is 0 Å². The summed E-state index contributed by atoms with van der Waals surface area (Å²) in [5.74, 6) is 0. The summed E-state index contributed by atoms with van der Waals surface area (Å²) in [7, 11) is 1.65. The third kappa shape index (κ3) is 2.75. The first-order valence-corrected chi connectivity index (χ1v) is 7.86. The average molecular weight is 314 g/mol. The van der Waals surface area contributed by atoms with Gasteiger partial charge in [0.15, 0.2) is 0 Å². The van der Waals surface area contributed by atoms with Crippen molar-refractivity contribution in [1.82, 2.24) is 14.8 Å². The van der Waals surface area contributed by atoms with Crippen LogP contribution >= 0.6 is 0 Å². The molecule has 0 saturated heterocycles. The first kappa shape index (κ1) is 15.7. The second kappa shape index (κ2) is 6.52. The number of hydrogen-bond acceptors (Lipinski definition) is 4. The lowest BCUT2D eigenvalue weighted by Gasteiger charge is -2.11. The first-order chi connectivity index (χ1) is 11.2. The van der Waals surface area contributed by atoms with Gasteiger partial charge in [-0.25, -0.2) is 0 Å². The molecule has 0 radical (unpaired) electrons. The van der Waals surface area contributed by atoms with Gasteiger partial charge in [0.05, 0.1) is 23.2 Å². The van der Waals surface area contributed by atoms with Crippen molar-refractivity contribution in [2.45, 2.75) is 26.3 Å². The van der Waals surface area contributed by atoms with E-state index in [2.05, 4.69) is 16.3 Å². The van der Waals surface area contributed by atoms with E-state index in [0.717, 1.165) is 34.1 Å². The van der Waals surface area contributed by atoms with E-state index in [-0.39, 0.29) is 5.56 Å². The third-order valence-corrected chi connectivity index (χ3v) is 4.14. The van der Waals surface area contributed by atoms with Crippen molar-refractivity contribution in [1.29, 1.82) is 0 Å². The zero-order valence-electron chi connectivity index (χ0n) is 13.6. The predicted molar refractivity (Wildman–Crippen MR) is 91.8 cm³/mol. The smallest absolute Gasteiger partial charge is 0.262 e. The molecule has 0 aliphatic rings. The fraction of sp³-hybridized carbons (Fsp3) is 0.412. The number of fused-ring (bicyclic) bond motifs is 3. The Morgan fingerprint density at radius 2 is 2.22 bits per heavy atom. The van der Waals surface area contributed by atoms with Crippen LogP contribution in [0.2, 0.25) is 0 Å². The number of aromatic nitrogens is 3. The highest BCUT2D eigenvalue weighted by molar-refractivity contribution is 6.04. The molecule has 23 heavy (non-hydrogen) atoms. The minimum atomic E-state index is -0.00958. The lowest BCUT2D eigenvalue weighted by atomic mass is 10.1. The number of pyridine rings is 1. The molecule has 0 atom stereocenters. The summed E-state index contributed by atoms with van der Waals surface area (Å²) in [6.07, 6.45) is 1.40. The molecule has 0 bridgehead atoms. The number of ether oxygens (including phenoxy) is 1.